The third-order valence-corrected chi connectivity index (χ3v) is 3.84. The molecule has 0 aliphatic carbocycles. The van der Waals surface area contributed by atoms with Gasteiger partial charge in [0.2, 0.25) is 0 Å². The number of nitrogens with one attached hydrogen (secondary N) is 1. The number of para-hydroxylation sites is 1. The molecule has 0 unspecified atom stereocenters. The lowest BCUT2D eigenvalue weighted by Gasteiger charge is -2.11. The Kier molecular flexibility index (Phi) is 5.26. The highest BCUT2D eigenvalue weighted by Crippen LogP contribution is 2.16. The number of carbonyl (C=O) groups is 1. The van der Waals surface area contributed by atoms with Crippen molar-refractivity contribution in [2.24, 2.45) is 0 Å². The SMILES string of the molecule is CN(C)Cc1cn(-c2ccccc2C(=O)NCc2ccccc2)cn1. The van der Waals surface area contributed by atoms with E-state index in [0.29, 0.717) is 12.1 Å². The smallest absolute Gasteiger partial charge is 0.253 e. The van der Waals surface area contributed by atoms with Crippen LogP contribution in [0.4, 0.5) is 0 Å². The average Bonchev–Trinajstić information content (AvgIpc) is 3.08. The summed E-state index contributed by atoms with van der Waals surface area (Å²) in [4.78, 5) is 19.1. The molecule has 0 radical (unpaired) electrons. The fraction of sp³-hybridized carbons (Fsp3) is 0.200. The minimum Gasteiger partial charge on any atom is -0.348 e. The summed E-state index contributed by atoms with van der Waals surface area (Å²) in [5.74, 6) is -0.0951. The Morgan fingerprint density at radius 1 is 1.08 bits per heavy atom. The van der Waals surface area contributed by atoms with Crippen molar-refractivity contribution in [3.8, 4) is 5.69 Å². The summed E-state index contributed by atoms with van der Waals surface area (Å²) in [6.45, 7) is 1.26. The van der Waals surface area contributed by atoms with E-state index in [1.54, 1.807) is 6.33 Å². The molecule has 1 amide bonds. The molecule has 0 saturated carbocycles. The molecule has 0 atom stereocenters. The highest BCUT2D eigenvalue weighted by Gasteiger charge is 2.13. The largest absolute Gasteiger partial charge is 0.348 e. The normalized spacial score (nSPS) is 10.8. The van der Waals surface area contributed by atoms with E-state index in [9.17, 15) is 4.79 Å². The number of hydrogen-bond donors (Lipinski definition) is 1. The second-order valence-corrected chi connectivity index (χ2v) is 6.20. The van der Waals surface area contributed by atoms with Crippen molar-refractivity contribution < 1.29 is 4.79 Å². The Hall–Kier alpha value is -2.92. The lowest BCUT2D eigenvalue weighted by atomic mass is 10.1. The molecule has 3 aromatic rings. The quantitative estimate of drug-likeness (QED) is 0.754. The summed E-state index contributed by atoms with van der Waals surface area (Å²) in [5.41, 5.74) is 3.49. The molecular formula is C20H22N4O. The Labute approximate surface area is 147 Å². The molecule has 0 spiro atoms. The lowest BCUT2D eigenvalue weighted by Crippen LogP contribution is -2.24. The van der Waals surface area contributed by atoms with E-state index in [1.165, 1.54) is 0 Å². The van der Waals surface area contributed by atoms with Gasteiger partial charge in [-0.05, 0) is 31.8 Å². The van der Waals surface area contributed by atoms with Gasteiger partial charge in [0.05, 0.1) is 23.3 Å². The van der Waals surface area contributed by atoms with Gasteiger partial charge in [-0.3, -0.25) is 4.79 Å². The van der Waals surface area contributed by atoms with Crippen LogP contribution in [0, 0.1) is 0 Å². The fourth-order valence-corrected chi connectivity index (χ4v) is 2.67. The van der Waals surface area contributed by atoms with E-state index < -0.39 is 0 Å². The molecule has 1 heterocycles. The molecule has 3 rings (SSSR count). The standard InChI is InChI=1S/C20H22N4O/c1-23(2)13-17-14-24(15-22-17)19-11-7-6-10-18(19)20(25)21-12-16-8-4-3-5-9-16/h3-11,14-15H,12-13H2,1-2H3,(H,21,25). The van der Waals surface area contributed by atoms with Crippen molar-refractivity contribution in [2.45, 2.75) is 13.1 Å². The molecule has 5 heteroatoms. The first kappa shape index (κ1) is 16.9. The number of carbonyl (C=O) groups excluding carboxylic acids is 1. The van der Waals surface area contributed by atoms with Crippen LogP contribution >= 0.6 is 0 Å². The Bertz CT molecular complexity index is 840. The monoisotopic (exact) mass is 334 g/mol. The summed E-state index contributed by atoms with van der Waals surface area (Å²) in [7, 11) is 4.01. The van der Waals surface area contributed by atoms with E-state index in [-0.39, 0.29) is 5.91 Å². The van der Waals surface area contributed by atoms with Gasteiger partial charge in [0.15, 0.2) is 0 Å². The summed E-state index contributed by atoms with van der Waals surface area (Å²) >= 11 is 0. The van der Waals surface area contributed by atoms with Crippen molar-refractivity contribution in [1.29, 1.82) is 0 Å². The minimum atomic E-state index is -0.0951. The maximum absolute atomic E-state index is 12.6. The van der Waals surface area contributed by atoms with Crippen LogP contribution < -0.4 is 5.32 Å². The number of imidazole rings is 1. The number of hydrogen-bond acceptors (Lipinski definition) is 3. The maximum Gasteiger partial charge on any atom is 0.253 e. The molecule has 0 fully saturated rings. The predicted molar refractivity (Wildman–Crippen MR) is 98.6 cm³/mol. The van der Waals surface area contributed by atoms with Gasteiger partial charge < -0.3 is 14.8 Å². The predicted octanol–water partition coefficient (Wildman–Crippen LogP) is 2.86. The van der Waals surface area contributed by atoms with Crippen LogP contribution in [0.1, 0.15) is 21.6 Å². The average molecular weight is 334 g/mol. The van der Waals surface area contributed by atoms with E-state index in [4.69, 9.17) is 0 Å². The first-order chi connectivity index (χ1) is 12.1. The Morgan fingerprint density at radius 2 is 1.80 bits per heavy atom. The molecule has 25 heavy (non-hydrogen) atoms. The van der Waals surface area contributed by atoms with Gasteiger partial charge >= 0.3 is 0 Å². The van der Waals surface area contributed by atoms with Crippen molar-refractivity contribution in [2.75, 3.05) is 14.1 Å². The topological polar surface area (TPSA) is 50.2 Å². The maximum atomic E-state index is 12.6. The number of rotatable bonds is 6. The first-order valence-corrected chi connectivity index (χ1v) is 8.22. The Morgan fingerprint density at radius 3 is 2.56 bits per heavy atom. The number of amides is 1. The third-order valence-electron chi connectivity index (χ3n) is 3.84. The molecule has 0 aliphatic rings. The van der Waals surface area contributed by atoms with Crippen LogP contribution in [-0.4, -0.2) is 34.5 Å². The van der Waals surface area contributed by atoms with Crippen LogP contribution in [0.15, 0.2) is 67.1 Å². The molecule has 128 valence electrons. The van der Waals surface area contributed by atoms with Gasteiger partial charge in [0, 0.05) is 19.3 Å². The van der Waals surface area contributed by atoms with Crippen molar-refractivity contribution >= 4 is 5.91 Å². The fourth-order valence-electron chi connectivity index (χ4n) is 2.67. The van der Waals surface area contributed by atoms with Crippen LogP contribution in [0.25, 0.3) is 5.69 Å². The zero-order chi connectivity index (χ0) is 17.6. The minimum absolute atomic E-state index is 0.0951. The molecule has 0 saturated heterocycles. The van der Waals surface area contributed by atoms with Crippen molar-refractivity contribution in [1.82, 2.24) is 19.8 Å². The summed E-state index contributed by atoms with van der Waals surface area (Å²) < 4.78 is 1.90. The highest BCUT2D eigenvalue weighted by molar-refractivity contribution is 5.97. The molecule has 5 nitrogen and oxygen atoms in total. The van der Waals surface area contributed by atoms with Gasteiger partial charge in [0.1, 0.15) is 0 Å². The van der Waals surface area contributed by atoms with Crippen molar-refractivity contribution in [3.05, 3.63) is 83.9 Å². The number of nitrogens with zero attached hydrogens (tertiary/aromatic N) is 3. The van der Waals surface area contributed by atoms with Gasteiger partial charge in [0.25, 0.3) is 5.91 Å². The van der Waals surface area contributed by atoms with Gasteiger partial charge in [-0.2, -0.15) is 0 Å². The van der Waals surface area contributed by atoms with E-state index in [2.05, 4.69) is 15.2 Å². The summed E-state index contributed by atoms with van der Waals surface area (Å²) in [6.07, 6.45) is 3.71. The zero-order valence-electron chi connectivity index (χ0n) is 14.5. The van der Waals surface area contributed by atoms with Crippen LogP contribution in [0.5, 0.6) is 0 Å². The van der Waals surface area contributed by atoms with Crippen LogP contribution in [-0.2, 0) is 13.1 Å². The molecular weight excluding hydrogens is 312 g/mol. The van der Waals surface area contributed by atoms with E-state index in [0.717, 1.165) is 23.5 Å². The van der Waals surface area contributed by atoms with Gasteiger partial charge in [-0.1, -0.05) is 42.5 Å². The summed E-state index contributed by atoms with van der Waals surface area (Å²) in [6, 6.07) is 17.4. The van der Waals surface area contributed by atoms with E-state index in [1.807, 2.05) is 79.5 Å². The van der Waals surface area contributed by atoms with Crippen LogP contribution in [0.2, 0.25) is 0 Å². The zero-order valence-corrected chi connectivity index (χ0v) is 14.5. The highest BCUT2D eigenvalue weighted by atomic mass is 16.1. The first-order valence-electron chi connectivity index (χ1n) is 8.22. The Balaban J connectivity index is 1.78. The lowest BCUT2D eigenvalue weighted by molar-refractivity contribution is 0.0951. The third kappa shape index (κ3) is 4.33. The van der Waals surface area contributed by atoms with Gasteiger partial charge in [-0.25, -0.2) is 4.98 Å². The summed E-state index contributed by atoms with van der Waals surface area (Å²) in [5, 5.41) is 2.98. The molecule has 1 aromatic heterocycles. The molecule has 1 N–H and O–H groups in total. The second-order valence-electron chi connectivity index (χ2n) is 6.20. The number of benzene rings is 2. The molecule has 2 aromatic carbocycles. The van der Waals surface area contributed by atoms with Crippen molar-refractivity contribution in [3.63, 3.8) is 0 Å². The molecule has 0 aliphatic heterocycles. The molecule has 0 bridgehead atoms. The van der Waals surface area contributed by atoms with E-state index >= 15 is 0 Å². The van der Waals surface area contributed by atoms with Crippen LogP contribution in [0.3, 0.4) is 0 Å². The van der Waals surface area contributed by atoms with Gasteiger partial charge in [-0.15, -0.1) is 0 Å². The number of aromatic nitrogens is 2. The second kappa shape index (κ2) is 7.77.